The van der Waals surface area contributed by atoms with Crippen molar-refractivity contribution in [2.45, 2.75) is 13.5 Å². The number of hydrogen-bond acceptors (Lipinski definition) is 2. The SMILES string of the molecule is Cc1ccc2c(CN3CCNCC3=O)c[nH]c2c1. The maximum atomic E-state index is 11.8. The van der Waals surface area contributed by atoms with E-state index in [2.05, 4.69) is 35.4 Å². The van der Waals surface area contributed by atoms with Crippen LogP contribution < -0.4 is 5.32 Å². The summed E-state index contributed by atoms with van der Waals surface area (Å²) in [6, 6.07) is 6.38. The van der Waals surface area contributed by atoms with E-state index in [4.69, 9.17) is 0 Å². The highest BCUT2D eigenvalue weighted by Gasteiger charge is 2.18. The van der Waals surface area contributed by atoms with Crippen molar-refractivity contribution in [3.05, 3.63) is 35.5 Å². The number of rotatable bonds is 2. The van der Waals surface area contributed by atoms with Gasteiger partial charge in [-0.2, -0.15) is 0 Å². The van der Waals surface area contributed by atoms with Crippen molar-refractivity contribution < 1.29 is 4.79 Å². The summed E-state index contributed by atoms with van der Waals surface area (Å²) in [5.41, 5.74) is 3.59. The summed E-state index contributed by atoms with van der Waals surface area (Å²) in [6.45, 7) is 4.91. The lowest BCUT2D eigenvalue weighted by atomic mass is 10.1. The quantitative estimate of drug-likeness (QED) is 0.837. The van der Waals surface area contributed by atoms with Gasteiger partial charge in [0.1, 0.15) is 0 Å². The van der Waals surface area contributed by atoms with Gasteiger partial charge in [-0.05, 0) is 24.1 Å². The van der Waals surface area contributed by atoms with E-state index in [9.17, 15) is 4.79 Å². The molecule has 18 heavy (non-hydrogen) atoms. The van der Waals surface area contributed by atoms with Crippen LogP contribution in [0.25, 0.3) is 10.9 Å². The van der Waals surface area contributed by atoms with Crippen LogP contribution >= 0.6 is 0 Å². The molecule has 0 saturated carbocycles. The maximum Gasteiger partial charge on any atom is 0.236 e. The summed E-state index contributed by atoms with van der Waals surface area (Å²) in [5.74, 6) is 0.183. The van der Waals surface area contributed by atoms with E-state index in [0.717, 1.165) is 18.6 Å². The van der Waals surface area contributed by atoms with Gasteiger partial charge in [0.2, 0.25) is 5.91 Å². The summed E-state index contributed by atoms with van der Waals surface area (Å²) in [4.78, 5) is 17.0. The average molecular weight is 243 g/mol. The molecule has 0 atom stereocenters. The van der Waals surface area contributed by atoms with Gasteiger partial charge in [-0.3, -0.25) is 4.79 Å². The number of benzene rings is 1. The number of nitrogens with zero attached hydrogens (tertiary/aromatic N) is 1. The monoisotopic (exact) mass is 243 g/mol. The minimum absolute atomic E-state index is 0.183. The molecule has 1 aromatic carbocycles. The van der Waals surface area contributed by atoms with Crippen LogP contribution in [0.15, 0.2) is 24.4 Å². The van der Waals surface area contributed by atoms with Crippen molar-refractivity contribution in [1.82, 2.24) is 15.2 Å². The van der Waals surface area contributed by atoms with E-state index in [1.165, 1.54) is 16.5 Å². The van der Waals surface area contributed by atoms with Crippen molar-refractivity contribution >= 4 is 16.8 Å². The molecule has 1 amide bonds. The number of aryl methyl sites for hydroxylation is 1. The highest BCUT2D eigenvalue weighted by molar-refractivity contribution is 5.85. The second-order valence-corrected chi connectivity index (χ2v) is 4.86. The Morgan fingerprint density at radius 1 is 1.39 bits per heavy atom. The summed E-state index contributed by atoms with van der Waals surface area (Å²) < 4.78 is 0. The minimum atomic E-state index is 0.183. The molecule has 3 rings (SSSR count). The lowest BCUT2D eigenvalue weighted by molar-refractivity contribution is -0.132. The fourth-order valence-electron chi connectivity index (χ4n) is 2.45. The molecule has 0 bridgehead atoms. The van der Waals surface area contributed by atoms with Gasteiger partial charge in [0, 0.05) is 36.7 Å². The zero-order valence-electron chi connectivity index (χ0n) is 10.5. The molecular formula is C14H17N3O. The Hall–Kier alpha value is -1.81. The van der Waals surface area contributed by atoms with Crippen LogP contribution in [0.3, 0.4) is 0 Å². The molecule has 2 N–H and O–H groups in total. The van der Waals surface area contributed by atoms with E-state index in [-0.39, 0.29) is 5.91 Å². The van der Waals surface area contributed by atoms with E-state index in [0.29, 0.717) is 13.1 Å². The van der Waals surface area contributed by atoms with Crippen LogP contribution in [0.4, 0.5) is 0 Å². The number of amides is 1. The highest BCUT2D eigenvalue weighted by atomic mass is 16.2. The topological polar surface area (TPSA) is 48.1 Å². The van der Waals surface area contributed by atoms with Gasteiger partial charge >= 0.3 is 0 Å². The molecule has 1 fully saturated rings. The van der Waals surface area contributed by atoms with Crippen molar-refractivity contribution in [2.75, 3.05) is 19.6 Å². The van der Waals surface area contributed by atoms with Crippen molar-refractivity contribution in [3.63, 3.8) is 0 Å². The first-order valence-electron chi connectivity index (χ1n) is 6.29. The molecule has 2 heterocycles. The predicted molar refractivity (Wildman–Crippen MR) is 71.3 cm³/mol. The number of aromatic amines is 1. The fourth-order valence-corrected chi connectivity index (χ4v) is 2.45. The minimum Gasteiger partial charge on any atom is -0.361 e. The van der Waals surface area contributed by atoms with Crippen LogP contribution in [-0.2, 0) is 11.3 Å². The Balaban J connectivity index is 1.88. The molecule has 0 aliphatic carbocycles. The third-order valence-electron chi connectivity index (χ3n) is 3.47. The van der Waals surface area contributed by atoms with E-state index < -0.39 is 0 Å². The van der Waals surface area contributed by atoms with Crippen molar-refractivity contribution in [3.8, 4) is 0 Å². The second kappa shape index (κ2) is 4.46. The third kappa shape index (κ3) is 1.99. The molecule has 0 spiro atoms. The first-order valence-corrected chi connectivity index (χ1v) is 6.29. The zero-order valence-corrected chi connectivity index (χ0v) is 10.5. The molecule has 1 saturated heterocycles. The molecule has 4 heteroatoms. The lowest BCUT2D eigenvalue weighted by Gasteiger charge is -2.27. The molecule has 4 nitrogen and oxygen atoms in total. The molecule has 0 unspecified atom stereocenters. The predicted octanol–water partition coefficient (Wildman–Crippen LogP) is 1.41. The Bertz CT molecular complexity index is 588. The number of hydrogen-bond donors (Lipinski definition) is 2. The van der Waals surface area contributed by atoms with E-state index in [1.54, 1.807) is 0 Å². The first kappa shape index (κ1) is 11.3. The zero-order chi connectivity index (χ0) is 12.5. The molecule has 0 radical (unpaired) electrons. The number of carbonyl (C=O) groups is 1. The highest BCUT2D eigenvalue weighted by Crippen LogP contribution is 2.21. The van der Waals surface area contributed by atoms with Gasteiger partial charge in [-0.25, -0.2) is 0 Å². The van der Waals surface area contributed by atoms with Crippen LogP contribution in [0.2, 0.25) is 0 Å². The first-order chi connectivity index (χ1) is 8.74. The van der Waals surface area contributed by atoms with Gasteiger partial charge < -0.3 is 15.2 Å². The maximum absolute atomic E-state index is 11.8. The molecular weight excluding hydrogens is 226 g/mol. The normalized spacial score (nSPS) is 16.5. The summed E-state index contributed by atoms with van der Waals surface area (Å²) >= 11 is 0. The van der Waals surface area contributed by atoms with Crippen LogP contribution in [0.5, 0.6) is 0 Å². The Morgan fingerprint density at radius 3 is 3.11 bits per heavy atom. The number of nitrogens with one attached hydrogen (secondary N) is 2. The van der Waals surface area contributed by atoms with Gasteiger partial charge in [-0.15, -0.1) is 0 Å². The van der Waals surface area contributed by atoms with Crippen molar-refractivity contribution in [1.29, 1.82) is 0 Å². The fraction of sp³-hybridized carbons (Fsp3) is 0.357. The number of fused-ring (bicyclic) bond motifs is 1. The number of carbonyl (C=O) groups excluding carboxylic acids is 1. The van der Waals surface area contributed by atoms with Crippen LogP contribution in [0, 0.1) is 6.92 Å². The number of H-pyrrole nitrogens is 1. The lowest BCUT2D eigenvalue weighted by Crippen LogP contribution is -2.47. The Kier molecular flexibility index (Phi) is 2.80. The third-order valence-corrected chi connectivity index (χ3v) is 3.47. The molecule has 2 aromatic rings. The van der Waals surface area contributed by atoms with Crippen LogP contribution in [-0.4, -0.2) is 35.4 Å². The van der Waals surface area contributed by atoms with Gasteiger partial charge in [0.25, 0.3) is 0 Å². The Labute approximate surface area is 106 Å². The van der Waals surface area contributed by atoms with E-state index >= 15 is 0 Å². The van der Waals surface area contributed by atoms with Crippen molar-refractivity contribution in [2.24, 2.45) is 0 Å². The largest absolute Gasteiger partial charge is 0.361 e. The molecule has 1 aliphatic rings. The molecule has 1 aromatic heterocycles. The molecule has 1 aliphatic heterocycles. The van der Waals surface area contributed by atoms with Gasteiger partial charge in [-0.1, -0.05) is 12.1 Å². The standard InChI is InChI=1S/C14H17N3O/c1-10-2-3-12-11(7-16-13(12)6-10)9-17-5-4-15-8-14(17)18/h2-3,6-7,15-16H,4-5,8-9H2,1H3. The molecule has 94 valence electrons. The number of piperazine rings is 1. The summed E-state index contributed by atoms with van der Waals surface area (Å²) in [5, 5.41) is 4.30. The van der Waals surface area contributed by atoms with Crippen LogP contribution in [0.1, 0.15) is 11.1 Å². The van der Waals surface area contributed by atoms with Gasteiger partial charge in [0.05, 0.1) is 6.54 Å². The van der Waals surface area contributed by atoms with Gasteiger partial charge in [0.15, 0.2) is 0 Å². The summed E-state index contributed by atoms with van der Waals surface area (Å²) in [6.07, 6.45) is 2.01. The summed E-state index contributed by atoms with van der Waals surface area (Å²) in [7, 11) is 0. The average Bonchev–Trinajstić information content (AvgIpc) is 2.74. The second-order valence-electron chi connectivity index (χ2n) is 4.86. The number of aromatic nitrogens is 1. The smallest absolute Gasteiger partial charge is 0.236 e. The Morgan fingerprint density at radius 2 is 2.28 bits per heavy atom. The van der Waals surface area contributed by atoms with E-state index in [1.807, 2.05) is 11.1 Å².